The van der Waals surface area contributed by atoms with Crippen molar-refractivity contribution in [1.29, 1.82) is 0 Å². The molecule has 1 atom stereocenters. The van der Waals surface area contributed by atoms with Gasteiger partial charge in [-0.05, 0) is 97.2 Å². The van der Waals surface area contributed by atoms with E-state index in [-0.39, 0.29) is 22.4 Å². The number of alkyl halides is 3. The zero-order valence-electron chi connectivity index (χ0n) is 24.4. The van der Waals surface area contributed by atoms with Gasteiger partial charge in [0.05, 0.1) is 12.7 Å². The summed E-state index contributed by atoms with van der Waals surface area (Å²) in [5.74, 6) is 0.808. The molecule has 3 heterocycles. The molecule has 1 aromatic heterocycles. The summed E-state index contributed by atoms with van der Waals surface area (Å²) in [7, 11) is -2.96. The third-order valence-corrected chi connectivity index (χ3v) is 10.0. The molecular formula is C33H35F3N2O5S. The summed E-state index contributed by atoms with van der Waals surface area (Å²) in [5.41, 5.74) is 3.44. The summed E-state index contributed by atoms with van der Waals surface area (Å²) in [6.07, 6.45) is 1.94. The number of benzene rings is 3. The molecule has 1 N–H and O–H groups in total. The Labute approximate surface area is 255 Å². The third-order valence-electron chi connectivity index (χ3n) is 8.76. The highest BCUT2D eigenvalue weighted by Crippen LogP contribution is 2.42. The molecule has 0 aliphatic carbocycles. The zero-order valence-corrected chi connectivity index (χ0v) is 25.2. The van der Waals surface area contributed by atoms with E-state index in [1.807, 2.05) is 18.2 Å². The quantitative estimate of drug-likeness (QED) is 0.203. The SMILES string of the molecule is COc1cc2c(cc1OS(=O)(=O)c1ccc(C(F)(F)F)cc1)CCN(CC1CCOCC1)C2CCc1c[nH]c2ccccc12. The summed E-state index contributed by atoms with van der Waals surface area (Å²) in [5, 5.41) is 1.20. The number of rotatable bonds is 9. The number of aromatic nitrogens is 1. The van der Waals surface area contributed by atoms with Crippen LogP contribution in [0.2, 0.25) is 0 Å². The Kier molecular flexibility index (Phi) is 8.63. The minimum Gasteiger partial charge on any atom is -0.493 e. The third kappa shape index (κ3) is 6.45. The number of halogens is 3. The van der Waals surface area contributed by atoms with Crippen molar-refractivity contribution in [3.05, 3.63) is 89.1 Å². The standard InChI is InChI=1S/C33H35F3N2O5S/c1-41-31-19-28-23(18-32(31)43-44(39,40)26-9-7-25(8-10-26)33(34,35)36)12-15-38(21-22-13-16-42-17-14-22)30(28)11-6-24-20-37-29-5-3-2-4-27(24)29/h2-5,7-10,18-20,22,30,37H,6,11-17,21H2,1H3. The number of aromatic amines is 1. The molecule has 234 valence electrons. The second kappa shape index (κ2) is 12.5. The van der Waals surface area contributed by atoms with Gasteiger partial charge in [0.15, 0.2) is 11.5 Å². The number of fused-ring (bicyclic) bond motifs is 2. The molecule has 0 spiro atoms. The van der Waals surface area contributed by atoms with Gasteiger partial charge in [-0.2, -0.15) is 21.6 Å². The zero-order chi connectivity index (χ0) is 30.9. The number of methoxy groups -OCH3 is 1. The van der Waals surface area contributed by atoms with E-state index in [4.69, 9.17) is 13.7 Å². The number of ether oxygens (including phenoxy) is 2. The molecule has 2 aliphatic rings. The van der Waals surface area contributed by atoms with Crippen LogP contribution in [0, 0.1) is 5.92 Å². The number of hydrogen-bond acceptors (Lipinski definition) is 6. The first kappa shape index (κ1) is 30.5. The first-order valence-corrected chi connectivity index (χ1v) is 16.2. The van der Waals surface area contributed by atoms with Gasteiger partial charge in [-0.15, -0.1) is 0 Å². The van der Waals surface area contributed by atoms with Crippen LogP contribution in [0.4, 0.5) is 13.2 Å². The van der Waals surface area contributed by atoms with Crippen molar-refractivity contribution in [2.45, 2.75) is 49.2 Å². The number of nitrogens with zero attached hydrogens (tertiary/aromatic N) is 1. The molecule has 1 unspecified atom stereocenters. The second-order valence-electron chi connectivity index (χ2n) is 11.5. The molecule has 0 radical (unpaired) electrons. The largest absolute Gasteiger partial charge is 0.493 e. The monoisotopic (exact) mass is 628 g/mol. The van der Waals surface area contributed by atoms with Crippen LogP contribution >= 0.6 is 0 Å². The summed E-state index contributed by atoms with van der Waals surface area (Å²) in [4.78, 5) is 5.53. The van der Waals surface area contributed by atoms with Gasteiger partial charge in [-0.3, -0.25) is 4.90 Å². The molecule has 4 aromatic rings. The maximum Gasteiger partial charge on any atom is 0.416 e. The number of aryl methyl sites for hydroxylation is 1. The van der Waals surface area contributed by atoms with E-state index in [0.29, 0.717) is 12.3 Å². The van der Waals surface area contributed by atoms with Crippen molar-refractivity contribution in [1.82, 2.24) is 9.88 Å². The van der Waals surface area contributed by atoms with Gasteiger partial charge in [0, 0.05) is 49.4 Å². The Bertz CT molecular complexity index is 1710. The minimum atomic E-state index is -4.58. The van der Waals surface area contributed by atoms with Crippen molar-refractivity contribution < 1.29 is 35.2 Å². The summed E-state index contributed by atoms with van der Waals surface area (Å²) < 4.78 is 81.9. The van der Waals surface area contributed by atoms with E-state index in [2.05, 4.69) is 28.2 Å². The van der Waals surface area contributed by atoms with Gasteiger partial charge in [0.25, 0.3) is 0 Å². The number of nitrogens with one attached hydrogen (secondary N) is 1. The predicted octanol–water partition coefficient (Wildman–Crippen LogP) is 6.92. The molecule has 44 heavy (non-hydrogen) atoms. The highest BCUT2D eigenvalue weighted by molar-refractivity contribution is 7.87. The molecule has 6 rings (SSSR count). The molecule has 2 aliphatic heterocycles. The fourth-order valence-corrected chi connectivity index (χ4v) is 7.34. The van der Waals surface area contributed by atoms with E-state index in [1.54, 1.807) is 6.07 Å². The molecule has 1 fully saturated rings. The average Bonchev–Trinajstić information content (AvgIpc) is 3.43. The van der Waals surface area contributed by atoms with E-state index in [9.17, 15) is 21.6 Å². The van der Waals surface area contributed by atoms with Crippen LogP contribution in [0.1, 0.15) is 47.6 Å². The highest BCUT2D eigenvalue weighted by Gasteiger charge is 2.33. The first-order chi connectivity index (χ1) is 21.1. The predicted molar refractivity (Wildman–Crippen MR) is 160 cm³/mol. The van der Waals surface area contributed by atoms with Crippen LogP contribution in [-0.4, -0.2) is 51.7 Å². The Hall–Kier alpha value is -3.54. The lowest BCUT2D eigenvalue weighted by atomic mass is 9.87. The van der Waals surface area contributed by atoms with E-state index >= 15 is 0 Å². The van der Waals surface area contributed by atoms with Crippen molar-refractivity contribution in [2.24, 2.45) is 5.92 Å². The summed E-state index contributed by atoms with van der Waals surface area (Å²) in [6, 6.07) is 15.1. The normalized spacial score (nSPS) is 18.3. The lowest BCUT2D eigenvalue weighted by molar-refractivity contribution is -0.137. The van der Waals surface area contributed by atoms with Gasteiger partial charge < -0.3 is 18.6 Å². The van der Waals surface area contributed by atoms with Crippen LogP contribution in [0.15, 0.2) is 71.8 Å². The number of hydrogen-bond donors (Lipinski definition) is 1. The first-order valence-electron chi connectivity index (χ1n) is 14.8. The summed E-state index contributed by atoms with van der Waals surface area (Å²) in [6.45, 7) is 3.30. The van der Waals surface area contributed by atoms with Crippen LogP contribution < -0.4 is 8.92 Å². The van der Waals surface area contributed by atoms with Crippen molar-refractivity contribution in [2.75, 3.05) is 33.4 Å². The van der Waals surface area contributed by atoms with Crippen LogP contribution in [-0.2, 0) is 33.9 Å². The van der Waals surface area contributed by atoms with Gasteiger partial charge in [-0.25, -0.2) is 0 Å². The van der Waals surface area contributed by atoms with Crippen molar-refractivity contribution >= 4 is 21.0 Å². The molecule has 0 saturated carbocycles. The molecule has 7 nitrogen and oxygen atoms in total. The maximum atomic E-state index is 13.1. The second-order valence-corrected chi connectivity index (χ2v) is 13.0. The lowest BCUT2D eigenvalue weighted by Gasteiger charge is -2.40. The average molecular weight is 629 g/mol. The number of H-pyrrole nitrogens is 1. The smallest absolute Gasteiger partial charge is 0.416 e. The van der Waals surface area contributed by atoms with Gasteiger partial charge >= 0.3 is 16.3 Å². The van der Waals surface area contributed by atoms with E-state index in [1.165, 1.54) is 18.1 Å². The van der Waals surface area contributed by atoms with Gasteiger partial charge in [0.2, 0.25) is 0 Å². The highest BCUT2D eigenvalue weighted by atomic mass is 32.2. The molecular weight excluding hydrogens is 593 g/mol. The van der Waals surface area contributed by atoms with E-state index in [0.717, 1.165) is 92.9 Å². The molecule has 1 saturated heterocycles. The van der Waals surface area contributed by atoms with Gasteiger partial charge in [-0.1, -0.05) is 18.2 Å². The van der Waals surface area contributed by atoms with Crippen molar-refractivity contribution in [3.63, 3.8) is 0 Å². The van der Waals surface area contributed by atoms with Crippen LogP contribution in [0.25, 0.3) is 10.9 Å². The molecule has 0 amide bonds. The topological polar surface area (TPSA) is 80.9 Å². The fourth-order valence-electron chi connectivity index (χ4n) is 6.41. The van der Waals surface area contributed by atoms with Gasteiger partial charge in [0.1, 0.15) is 4.90 Å². The Morgan fingerprint density at radius 2 is 1.77 bits per heavy atom. The molecule has 3 aromatic carbocycles. The number of para-hydroxylation sites is 1. The fraction of sp³-hybridized carbons (Fsp3) is 0.394. The van der Waals surface area contributed by atoms with Crippen LogP contribution in [0.3, 0.4) is 0 Å². The molecule has 0 bridgehead atoms. The Morgan fingerprint density at radius 1 is 1.02 bits per heavy atom. The maximum absolute atomic E-state index is 13.1. The summed E-state index contributed by atoms with van der Waals surface area (Å²) >= 11 is 0. The molecule has 11 heteroatoms. The van der Waals surface area contributed by atoms with E-state index < -0.39 is 21.9 Å². The Morgan fingerprint density at radius 3 is 2.50 bits per heavy atom. The van der Waals surface area contributed by atoms with Crippen molar-refractivity contribution in [3.8, 4) is 11.5 Å². The minimum absolute atomic E-state index is 0.0133. The van der Waals surface area contributed by atoms with Crippen LogP contribution in [0.5, 0.6) is 11.5 Å². The lowest BCUT2D eigenvalue weighted by Crippen LogP contribution is -2.40. The Balaban J connectivity index is 1.29.